The van der Waals surface area contributed by atoms with Crippen molar-refractivity contribution in [2.24, 2.45) is 0 Å². The Labute approximate surface area is 145 Å². The van der Waals surface area contributed by atoms with Gasteiger partial charge in [0.2, 0.25) is 0 Å². The summed E-state index contributed by atoms with van der Waals surface area (Å²) in [5.41, 5.74) is 2.09. The van der Waals surface area contributed by atoms with Crippen LogP contribution in [0, 0.1) is 13.8 Å². The summed E-state index contributed by atoms with van der Waals surface area (Å²) in [6.45, 7) is 10.4. The fourth-order valence-electron chi connectivity index (χ4n) is 2.72. The quantitative estimate of drug-likeness (QED) is 0.774. The zero-order valence-electron chi connectivity index (χ0n) is 15.4. The SMILES string of the molecule is CCCN(CCC)c1cc(Nc2cc(C)ccc2OC)nc(C)n1. The van der Waals surface area contributed by atoms with Crippen molar-refractivity contribution in [1.29, 1.82) is 0 Å². The third-order valence-corrected chi connectivity index (χ3v) is 3.75. The third-order valence-electron chi connectivity index (χ3n) is 3.75. The normalized spacial score (nSPS) is 10.5. The van der Waals surface area contributed by atoms with Crippen LogP contribution in [-0.4, -0.2) is 30.2 Å². The fourth-order valence-corrected chi connectivity index (χ4v) is 2.72. The highest BCUT2D eigenvalue weighted by Gasteiger charge is 2.11. The zero-order chi connectivity index (χ0) is 17.5. The molecule has 0 bridgehead atoms. The molecule has 0 fully saturated rings. The van der Waals surface area contributed by atoms with Gasteiger partial charge in [-0.3, -0.25) is 0 Å². The Kier molecular flexibility index (Phi) is 6.41. The van der Waals surface area contributed by atoms with Crippen molar-refractivity contribution in [2.45, 2.75) is 40.5 Å². The molecule has 1 N–H and O–H groups in total. The van der Waals surface area contributed by atoms with Gasteiger partial charge in [-0.2, -0.15) is 0 Å². The smallest absolute Gasteiger partial charge is 0.142 e. The summed E-state index contributed by atoms with van der Waals surface area (Å²) in [6, 6.07) is 8.07. The van der Waals surface area contributed by atoms with E-state index in [1.54, 1.807) is 7.11 Å². The van der Waals surface area contributed by atoms with Gasteiger partial charge >= 0.3 is 0 Å². The number of nitrogens with one attached hydrogen (secondary N) is 1. The van der Waals surface area contributed by atoms with Gasteiger partial charge in [-0.1, -0.05) is 19.9 Å². The second kappa shape index (κ2) is 8.52. The first-order chi connectivity index (χ1) is 11.6. The molecular weight excluding hydrogens is 300 g/mol. The lowest BCUT2D eigenvalue weighted by Crippen LogP contribution is -2.26. The molecule has 24 heavy (non-hydrogen) atoms. The van der Waals surface area contributed by atoms with Crippen LogP contribution in [0.5, 0.6) is 5.75 Å². The summed E-state index contributed by atoms with van der Waals surface area (Å²) in [6.07, 6.45) is 2.19. The number of ether oxygens (including phenoxy) is 1. The van der Waals surface area contributed by atoms with Gasteiger partial charge in [0.1, 0.15) is 23.2 Å². The number of methoxy groups -OCH3 is 1. The van der Waals surface area contributed by atoms with E-state index in [4.69, 9.17) is 4.74 Å². The fraction of sp³-hybridized carbons (Fsp3) is 0.474. The molecule has 0 radical (unpaired) electrons. The predicted octanol–water partition coefficient (Wildman–Crippen LogP) is 4.47. The van der Waals surface area contributed by atoms with Crippen LogP contribution in [0.3, 0.4) is 0 Å². The van der Waals surface area contributed by atoms with E-state index in [1.165, 1.54) is 5.56 Å². The molecule has 2 aromatic rings. The van der Waals surface area contributed by atoms with E-state index in [0.29, 0.717) is 0 Å². The zero-order valence-corrected chi connectivity index (χ0v) is 15.4. The number of hydrogen-bond donors (Lipinski definition) is 1. The van der Waals surface area contributed by atoms with Gasteiger partial charge in [-0.25, -0.2) is 9.97 Å². The van der Waals surface area contributed by atoms with E-state index in [9.17, 15) is 0 Å². The highest BCUT2D eigenvalue weighted by molar-refractivity contribution is 5.66. The Hall–Kier alpha value is -2.30. The predicted molar refractivity (Wildman–Crippen MR) is 101 cm³/mol. The van der Waals surface area contributed by atoms with Crippen LogP contribution in [0.15, 0.2) is 24.3 Å². The van der Waals surface area contributed by atoms with Gasteiger partial charge in [0.05, 0.1) is 12.8 Å². The highest BCUT2D eigenvalue weighted by Crippen LogP contribution is 2.29. The molecule has 0 atom stereocenters. The average molecular weight is 328 g/mol. The van der Waals surface area contributed by atoms with Crippen molar-refractivity contribution < 1.29 is 4.74 Å². The van der Waals surface area contributed by atoms with Crippen molar-refractivity contribution in [3.8, 4) is 5.75 Å². The molecule has 5 heteroatoms. The summed E-state index contributed by atoms with van der Waals surface area (Å²) >= 11 is 0. The van der Waals surface area contributed by atoms with E-state index in [1.807, 2.05) is 25.1 Å². The number of aromatic nitrogens is 2. The molecule has 0 aliphatic rings. The molecule has 0 saturated heterocycles. The van der Waals surface area contributed by atoms with Gasteiger partial charge < -0.3 is 15.0 Å². The first-order valence-electron chi connectivity index (χ1n) is 8.59. The molecule has 0 unspecified atom stereocenters. The van der Waals surface area contributed by atoms with Crippen molar-refractivity contribution in [2.75, 3.05) is 30.4 Å². The number of aryl methyl sites for hydroxylation is 2. The standard InChI is InChI=1S/C19H28N4O/c1-6-10-23(11-7-2)19-13-18(20-15(4)21-19)22-16-12-14(3)8-9-17(16)24-5/h8-9,12-13H,6-7,10-11H2,1-5H3,(H,20,21,22). The van der Waals surface area contributed by atoms with Crippen molar-refractivity contribution in [1.82, 2.24) is 9.97 Å². The minimum absolute atomic E-state index is 0.763. The number of nitrogens with zero attached hydrogens (tertiary/aromatic N) is 3. The summed E-state index contributed by atoms with van der Waals surface area (Å²) in [5.74, 6) is 3.33. The van der Waals surface area contributed by atoms with Gasteiger partial charge in [0.15, 0.2) is 0 Å². The van der Waals surface area contributed by atoms with E-state index < -0.39 is 0 Å². The van der Waals surface area contributed by atoms with Gasteiger partial charge in [-0.05, 0) is 44.4 Å². The summed E-state index contributed by atoms with van der Waals surface area (Å²) in [5, 5.41) is 3.38. The van der Waals surface area contributed by atoms with Crippen molar-refractivity contribution >= 4 is 17.3 Å². The molecule has 1 aromatic heterocycles. The monoisotopic (exact) mass is 328 g/mol. The van der Waals surface area contributed by atoms with Crippen LogP contribution in [0.1, 0.15) is 38.1 Å². The molecule has 0 amide bonds. The Morgan fingerprint density at radius 3 is 2.38 bits per heavy atom. The molecule has 0 aliphatic carbocycles. The van der Waals surface area contributed by atoms with Gasteiger partial charge in [-0.15, -0.1) is 0 Å². The molecule has 0 spiro atoms. The molecule has 1 heterocycles. The maximum Gasteiger partial charge on any atom is 0.142 e. The molecule has 0 saturated carbocycles. The van der Waals surface area contributed by atoms with Gasteiger partial charge in [0, 0.05) is 19.2 Å². The average Bonchev–Trinajstić information content (AvgIpc) is 2.54. The van der Waals surface area contributed by atoms with Crippen molar-refractivity contribution in [3.05, 3.63) is 35.7 Å². The molecule has 2 rings (SSSR count). The van der Waals surface area contributed by atoms with E-state index in [-0.39, 0.29) is 0 Å². The van der Waals surface area contributed by atoms with Crippen LogP contribution in [0.4, 0.5) is 17.3 Å². The molecule has 1 aromatic carbocycles. The highest BCUT2D eigenvalue weighted by atomic mass is 16.5. The lowest BCUT2D eigenvalue weighted by atomic mass is 10.2. The summed E-state index contributed by atoms with van der Waals surface area (Å²) in [7, 11) is 1.68. The Bertz CT molecular complexity index is 666. The number of hydrogen-bond acceptors (Lipinski definition) is 5. The molecule has 5 nitrogen and oxygen atoms in total. The molecule has 130 valence electrons. The van der Waals surface area contributed by atoms with Crippen molar-refractivity contribution in [3.63, 3.8) is 0 Å². The van der Waals surface area contributed by atoms with E-state index in [2.05, 4.69) is 47.0 Å². The number of anilines is 3. The maximum absolute atomic E-state index is 5.44. The second-order valence-corrected chi connectivity index (χ2v) is 5.97. The first kappa shape index (κ1) is 18.0. The first-order valence-corrected chi connectivity index (χ1v) is 8.59. The maximum atomic E-state index is 5.44. The minimum atomic E-state index is 0.763. The van der Waals surface area contributed by atoms with E-state index in [0.717, 1.165) is 54.8 Å². The Morgan fingerprint density at radius 2 is 1.75 bits per heavy atom. The van der Waals surface area contributed by atoms with Crippen LogP contribution in [0.25, 0.3) is 0 Å². The van der Waals surface area contributed by atoms with Crippen LogP contribution >= 0.6 is 0 Å². The third kappa shape index (κ3) is 4.60. The molecular formula is C19H28N4O. The number of rotatable bonds is 8. The van der Waals surface area contributed by atoms with Crippen LogP contribution in [0.2, 0.25) is 0 Å². The summed E-state index contributed by atoms with van der Waals surface area (Å²) < 4.78 is 5.44. The van der Waals surface area contributed by atoms with Crippen LogP contribution < -0.4 is 15.0 Å². The second-order valence-electron chi connectivity index (χ2n) is 5.97. The lowest BCUT2D eigenvalue weighted by molar-refractivity contribution is 0.416. The van der Waals surface area contributed by atoms with Crippen LogP contribution in [-0.2, 0) is 0 Å². The minimum Gasteiger partial charge on any atom is -0.495 e. The Morgan fingerprint density at radius 1 is 1.04 bits per heavy atom. The Balaban J connectivity index is 2.33. The topological polar surface area (TPSA) is 50.3 Å². The largest absolute Gasteiger partial charge is 0.495 e. The van der Waals surface area contributed by atoms with Gasteiger partial charge in [0.25, 0.3) is 0 Å². The lowest BCUT2D eigenvalue weighted by Gasteiger charge is -2.23. The summed E-state index contributed by atoms with van der Waals surface area (Å²) in [4.78, 5) is 11.5. The molecule has 0 aliphatic heterocycles. The van der Waals surface area contributed by atoms with E-state index >= 15 is 0 Å². The number of benzene rings is 1.